The van der Waals surface area contributed by atoms with Crippen molar-refractivity contribution in [1.82, 2.24) is 4.31 Å². The van der Waals surface area contributed by atoms with Crippen LogP contribution in [0.4, 0.5) is 5.69 Å². The van der Waals surface area contributed by atoms with E-state index in [2.05, 4.69) is 5.32 Å². The van der Waals surface area contributed by atoms with Crippen LogP contribution in [-0.2, 0) is 27.8 Å². The largest absolute Gasteiger partial charge is 0.493 e. The van der Waals surface area contributed by atoms with Gasteiger partial charge in [0.2, 0.25) is 15.9 Å². The number of carbonyl (C=O) groups is 1. The van der Waals surface area contributed by atoms with Gasteiger partial charge in [-0.05, 0) is 48.7 Å². The summed E-state index contributed by atoms with van der Waals surface area (Å²) in [7, 11) is -0.861. The summed E-state index contributed by atoms with van der Waals surface area (Å²) in [5.41, 5.74) is 3.30. The van der Waals surface area contributed by atoms with Gasteiger partial charge in [-0.25, -0.2) is 8.42 Å². The van der Waals surface area contributed by atoms with Gasteiger partial charge in [0.25, 0.3) is 0 Å². The number of benzene rings is 3. The van der Waals surface area contributed by atoms with E-state index >= 15 is 0 Å². The molecule has 1 aliphatic heterocycles. The molecule has 33 heavy (non-hydrogen) atoms. The third-order valence-corrected chi connectivity index (χ3v) is 7.66. The smallest absolute Gasteiger partial charge is 0.244 e. The molecule has 0 bridgehead atoms. The van der Waals surface area contributed by atoms with Crippen molar-refractivity contribution in [2.45, 2.75) is 30.8 Å². The summed E-state index contributed by atoms with van der Waals surface area (Å²) in [4.78, 5) is 13.5. The molecule has 1 atom stereocenters. The number of ether oxygens (including phenoxy) is 2. The summed E-state index contributed by atoms with van der Waals surface area (Å²) in [6.07, 6.45) is 0.278. The molecule has 1 heterocycles. The van der Waals surface area contributed by atoms with Crippen LogP contribution in [0.2, 0.25) is 0 Å². The SMILES string of the molecule is COc1ccc(NC(=O)C2Cc3ccccc3CN2S(=O)(=O)c2ccc(C)cc2)cc1OC. The topological polar surface area (TPSA) is 84.9 Å². The quantitative estimate of drug-likeness (QED) is 0.598. The number of nitrogens with one attached hydrogen (secondary N) is 1. The van der Waals surface area contributed by atoms with Gasteiger partial charge in [0.1, 0.15) is 6.04 Å². The zero-order valence-electron chi connectivity index (χ0n) is 18.7. The third-order valence-electron chi connectivity index (χ3n) is 5.79. The Morgan fingerprint density at radius 3 is 2.27 bits per heavy atom. The Hall–Kier alpha value is -3.36. The Morgan fingerprint density at radius 2 is 1.61 bits per heavy atom. The molecule has 7 nitrogen and oxygen atoms in total. The number of hydrogen-bond acceptors (Lipinski definition) is 5. The van der Waals surface area contributed by atoms with Crippen LogP contribution in [0.25, 0.3) is 0 Å². The van der Waals surface area contributed by atoms with Gasteiger partial charge >= 0.3 is 0 Å². The van der Waals surface area contributed by atoms with Crippen LogP contribution in [-0.4, -0.2) is 38.9 Å². The minimum Gasteiger partial charge on any atom is -0.493 e. The molecule has 1 aliphatic rings. The Kier molecular flexibility index (Phi) is 6.40. The van der Waals surface area contributed by atoms with Crippen LogP contribution in [0.15, 0.2) is 71.6 Å². The molecule has 1 unspecified atom stereocenters. The molecule has 172 valence electrons. The van der Waals surface area contributed by atoms with Gasteiger partial charge in [-0.1, -0.05) is 42.0 Å². The lowest BCUT2D eigenvalue weighted by Crippen LogP contribution is -2.50. The van der Waals surface area contributed by atoms with E-state index in [-0.39, 0.29) is 17.9 Å². The van der Waals surface area contributed by atoms with E-state index < -0.39 is 22.0 Å². The van der Waals surface area contributed by atoms with Crippen LogP contribution in [0.1, 0.15) is 16.7 Å². The lowest BCUT2D eigenvalue weighted by atomic mass is 9.95. The summed E-state index contributed by atoms with van der Waals surface area (Å²) >= 11 is 0. The van der Waals surface area contributed by atoms with E-state index in [4.69, 9.17) is 9.47 Å². The molecule has 3 aromatic rings. The van der Waals surface area contributed by atoms with Crippen LogP contribution in [0.3, 0.4) is 0 Å². The molecule has 3 aromatic carbocycles. The number of amides is 1. The zero-order chi connectivity index (χ0) is 23.6. The van der Waals surface area contributed by atoms with Gasteiger partial charge in [0.05, 0.1) is 19.1 Å². The highest BCUT2D eigenvalue weighted by Crippen LogP contribution is 2.32. The molecule has 1 N–H and O–H groups in total. The fraction of sp³-hybridized carbons (Fsp3) is 0.240. The number of nitrogens with zero attached hydrogens (tertiary/aromatic N) is 1. The van der Waals surface area contributed by atoms with Gasteiger partial charge in [-0.3, -0.25) is 4.79 Å². The Morgan fingerprint density at radius 1 is 0.939 bits per heavy atom. The summed E-state index contributed by atoms with van der Waals surface area (Å²) < 4.78 is 39.0. The lowest BCUT2D eigenvalue weighted by Gasteiger charge is -2.35. The second-order valence-electron chi connectivity index (χ2n) is 7.91. The molecule has 8 heteroatoms. The first kappa shape index (κ1) is 22.8. The maximum Gasteiger partial charge on any atom is 0.244 e. The van der Waals surface area contributed by atoms with E-state index in [1.807, 2.05) is 31.2 Å². The molecule has 0 saturated heterocycles. The molecule has 0 aliphatic carbocycles. The molecule has 4 rings (SSSR count). The van der Waals surface area contributed by atoms with Crippen molar-refractivity contribution >= 4 is 21.6 Å². The fourth-order valence-corrected chi connectivity index (χ4v) is 5.53. The minimum absolute atomic E-state index is 0.121. The predicted octanol–water partition coefficient (Wildman–Crippen LogP) is 3.77. The van der Waals surface area contributed by atoms with E-state index in [0.717, 1.165) is 16.7 Å². The molecule has 0 saturated carbocycles. The van der Waals surface area contributed by atoms with Crippen LogP contribution in [0, 0.1) is 6.92 Å². The minimum atomic E-state index is -3.90. The lowest BCUT2D eigenvalue weighted by molar-refractivity contribution is -0.120. The molecule has 0 radical (unpaired) electrons. The van der Waals surface area contributed by atoms with E-state index in [1.165, 1.54) is 18.5 Å². The average Bonchev–Trinajstić information content (AvgIpc) is 2.83. The number of aryl methyl sites for hydroxylation is 1. The number of methoxy groups -OCH3 is 2. The first-order valence-corrected chi connectivity index (χ1v) is 12.0. The molecule has 0 spiro atoms. The summed E-state index contributed by atoms with van der Waals surface area (Å²) in [5.74, 6) is 0.589. The standard InChI is InChI=1S/C25H26N2O5S/c1-17-8-11-21(12-9-17)33(29,30)27-16-19-7-5-4-6-18(19)14-22(27)25(28)26-20-10-13-23(31-2)24(15-20)32-3/h4-13,15,22H,14,16H2,1-3H3,(H,26,28). The summed E-state index contributed by atoms with van der Waals surface area (Å²) in [5, 5.41) is 2.85. The zero-order valence-corrected chi connectivity index (χ0v) is 19.6. The number of sulfonamides is 1. The van der Waals surface area contributed by atoms with Crippen molar-refractivity contribution in [3.8, 4) is 11.5 Å². The van der Waals surface area contributed by atoms with Crippen molar-refractivity contribution in [2.24, 2.45) is 0 Å². The van der Waals surface area contributed by atoms with Gasteiger partial charge in [-0.2, -0.15) is 4.31 Å². The molecular weight excluding hydrogens is 440 g/mol. The first-order valence-electron chi connectivity index (χ1n) is 10.5. The normalized spacial score (nSPS) is 16.0. The Bertz CT molecular complexity index is 1270. The maximum atomic E-state index is 13.6. The maximum absolute atomic E-state index is 13.6. The Labute approximate surface area is 194 Å². The van der Waals surface area contributed by atoms with Gasteiger partial charge < -0.3 is 14.8 Å². The summed E-state index contributed by atoms with van der Waals surface area (Å²) in [6, 6.07) is 18.4. The number of hydrogen-bond donors (Lipinski definition) is 1. The fourth-order valence-electron chi connectivity index (χ4n) is 3.96. The van der Waals surface area contributed by atoms with Crippen molar-refractivity contribution in [3.05, 3.63) is 83.4 Å². The number of carbonyl (C=O) groups excluding carboxylic acids is 1. The van der Waals surface area contributed by atoms with Crippen molar-refractivity contribution in [1.29, 1.82) is 0 Å². The molecule has 1 amide bonds. The van der Waals surface area contributed by atoms with Gasteiger partial charge in [0, 0.05) is 18.3 Å². The first-order chi connectivity index (χ1) is 15.8. The van der Waals surface area contributed by atoms with Crippen LogP contribution >= 0.6 is 0 Å². The van der Waals surface area contributed by atoms with Gasteiger partial charge in [-0.15, -0.1) is 0 Å². The average molecular weight is 467 g/mol. The highest BCUT2D eigenvalue weighted by atomic mass is 32.2. The number of fused-ring (bicyclic) bond motifs is 1. The van der Waals surface area contributed by atoms with E-state index in [1.54, 1.807) is 42.5 Å². The van der Waals surface area contributed by atoms with E-state index in [0.29, 0.717) is 17.2 Å². The number of anilines is 1. The van der Waals surface area contributed by atoms with Crippen molar-refractivity contribution < 1.29 is 22.7 Å². The number of rotatable bonds is 6. The molecular formula is C25H26N2O5S. The second kappa shape index (κ2) is 9.25. The Balaban J connectivity index is 1.69. The van der Waals surface area contributed by atoms with Gasteiger partial charge in [0.15, 0.2) is 11.5 Å². The summed E-state index contributed by atoms with van der Waals surface area (Å²) in [6.45, 7) is 2.02. The van der Waals surface area contributed by atoms with E-state index in [9.17, 15) is 13.2 Å². The molecule has 0 fully saturated rings. The monoisotopic (exact) mass is 466 g/mol. The van der Waals surface area contributed by atoms with Crippen LogP contribution in [0.5, 0.6) is 11.5 Å². The van der Waals surface area contributed by atoms with Crippen molar-refractivity contribution in [3.63, 3.8) is 0 Å². The predicted molar refractivity (Wildman–Crippen MR) is 126 cm³/mol. The van der Waals surface area contributed by atoms with Crippen LogP contribution < -0.4 is 14.8 Å². The third kappa shape index (κ3) is 4.58. The highest BCUT2D eigenvalue weighted by molar-refractivity contribution is 7.89. The second-order valence-corrected chi connectivity index (χ2v) is 9.80. The highest BCUT2D eigenvalue weighted by Gasteiger charge is 2.39. The molecule has 0 aromatic heterocycles. The van der Waals surface area contributed by atoms with Crippen molar-refractivity contribution in [2.75, 3.05) is 19.5 Å².